The quantitative estimate of drug-likeness (QED) is 0.596. The molecule has 1 aliphatic heterocycles. The first kappa shape index (κ1) is 19.4. The van der Waals surface area contributed by atoms with Crippen molar-refractivity contribution in [3.8, 4) is 6.07 Å². The van der Waals surface area contributed by atoms with Crippen LogP contribution in [0.15, 0.2) is 47.0 Å². The molecule has 0 saturated heterocycles. The highest BCUT2D eigenvalue weighted by Crippen LogP contribution is 2.16. The van der Waals surface area contributed by atoms with Gasteiger partial charge in [-0.2, -0.15) is 5.26 Å². The van der Waals surface area contributed by atoms with E-state index in [9.17, 15) is 13.6 Å². The van der Waals surface area contributed by atoms with Gasteiger partial charge < -0.3 is 15.0 Å². The third-order valence-electron chi connectivity index (χ3n) is 3.08. The number of Topliss-reactive ketones (excluding diaryl/α,β-unsaturated/α-hetero) is 1. The van der Waals surface area contributed by atoms with Gasteiger partial charge in [0.15, 0.2) is 0 Å². The molecule has 5 nitrogen and oxygen atoms in total. The van der Waals surface area contributed by atoms with Crippen molar-refractivity contribution in [2.45, 2.75) is 19.8 Å². The molecule has 1 heterocycles. The number of halogens is 2. The van der Waals surface area contributed by atoms with E-state index in [4.69, 9.17) is 10.00 Å². The molecule has 130 valence electrons. The Hall–Kier alpha value is -2.62. The summed E-state index contributed by atoms with van der Waals surface area (Å²) >= 11 is 0. The molecule has 7 heteroatoms. The molecule has 24 heavy (non-hydrogen) atoms. The Morgan fingerprint density at radius 1 is 1.46 bits per heavy atom. The van der Waals surface area contributed by atoms with Crippen molar-refractivity contribution in [1.82, 2.24) is 10.2 Å². The number of alkyl halides is 2. The summed E-state index contributed by atoms with van der Waals surface area (Å²) in [5.41, 5.74) is 1.01. The normalized spacial score (nSPS) is 17.9. The monoisotopic (exact) mass is 337 g/mol. The lowest BCUT2D eigenvalue weighted by Gasteiger charge is -2.10. The third kappa shape index (κ3) is 6.24. The van der Waals surface area contributed by atoms with Crippen LogP contribution < -0.4 is 5.32 Å². The number of ketones is 1. The summed E-state index contributed by atoms with van der Waals surface area (Å²) in [5, 5.41) is 12.1. The van der Waals surface area contributed by atoms with Crippen LogP contribution in [0.4, 0.5) is 8.78 Å². The Balaban J connectivity index is 2.96. The average molecular weight is 337 g/mol. The molecule has 0 aliphatic carbocycles. The number of hydrogen-bond acceptors (Lipinski definition) is 5. The van der Waals surface area contributed by atoms with Crippen molar-refractivity contribution < 1.29 is 18.3 Å². The molecular weight excluding hydrogens is 316 g/mol. The van der Waals surface area contributed by atoms with Gasteiger partial charge >= 0.3 is 0 Å². The first-order chi connectivity index (χ1) is 11.3. The fourth-order valence-corrected chi connectivity index (χ4v) is 1.97. The Labute approximate surface area is 140 Å². The van der Waals surface area contributed by atoms with E-state index < -0.39 is 18.8 Å². The molecule has 0 aromatic carbocycles. The summed E-state index contributed by atoms with van der Waals surface area (Å²) in [7, 11) is 3.44. The lowest BCUT2D eigenvalue weighted by atomic mass is 10.1. The highest BCUT2D eigenvalue weighted by Gasteiger charge is 2.16. The predicted molar refractivity (Wildman–Crippen MR) is 86.9 cm³/mol. The Morgan fingerprint density at radius 3 is 2.75 bits per heavy atom. The molecule has 1 N–H and O–H groups in total. The van der Waals surface area contributed by atoms with Gasteiger partial charge in [-0.05, 0) is 25.0 Å². The number of rotatable bonds is 6. The van der Waals surface area contributed by atoms with Gasteiger partial charge in [-0.3, -0.25) is 4.79 Å². The number of nitrogens with zero attached hydrogens (tertiary/aromatic N) is 2. The van der Waals surface area contributed by atoms with Crippen LogP contribution in [0.25, 0.3) is 0 Å². The van der Waals surface area contributed by atoms with Crippen molar-refractivity contribution in [2.24, 2.45) is 0 Å². The van der Waals surface area contributed by atoms with E-state index in [1.807, 2.05) is 6.07 Å². The lowest BCUT2D eigenvalue weighted by molar-refractivity contribution is -0.112. The number of allylic oxidation sites excluding steroid dienone is 4. The van der Waals surface area contributed by atoms with E-state index >= 15 is 0 Å². The third-order valence-corrected chi connectivity index (χ3v) is 3.08. The molecular formula is C17H21F2N3O2. The van der Waals surface area contributed by atoms with Crippen LogP contribution in [0.1, 0.15) is 13.3 Å². The minimum Gasteiger partial charge on any atom is -0.488 e. The molecule has 0 aromatic rings. The fraction of sp³-hybridized carbons (Fsp3) is 0.412. The minimum atomic E-state index is -2.55. The van der Waals surface area contributed by atoms with Crippen molar-refractivity contribution >= 4 is 5.78 Å². The van der Waals surface area contributed by atoms with Gasteiger partial charge in [-0.25, -0.2) is 8.78 Å². The number of nitriles is 1. The fourth-order valence-electron chi connectivity index (χ4n) is 1.97. The van der Waals surface area contributed by atoms with E-state index in [2.05, 4.69) is 5.32 Å². The lowest BCUT2D eigenvalue weighted by Crippen LogP contribution is -2.22. The van der Waals surface area contributed by atoms with Crippen LogP contribution in [0, 0.1) is 11.3 Å². The van der Waals surface area contributed by atoms with Gasteiger partial charge in [0.05, 0.1) is 5.70 Å². The Bertz CT molecular complexity index is 626. The summed E-state index contributed by atoms with van der Waals surface area (Å²) in [6.45, 7) is 1.39. The van der Waals surface area contributed by atoms with Crippen molar-refractivity contribution in [3.05, 3.63) is 47.0 Å². The molecule has 0 atom stereocenters. The maximum absolute atomic E-state index is 12.4. The van der Waals surface area contributed by atoms with Crippen LogP contribution in [-0.2, 0) is 9.53 Å². The number of hydrogen-bond donors (Lipinski definition) is 1. The highest BCUT2D eigenvalue weighted by molar-refractivity contribution is 6.10. The zero-order valence-corrected chi connectivity index (χ0v) is 14.0. The second kappa shape index (κ2) is 9.50. The summed E-state index contributed by atoms with van der Waals surface area (Å²) < 4.78 is 29.7. The maximum atomic E-state index is 12.4. The summed E-state index contributed by atoms with van der Waals surface area (Å²) in [6.07, 6.45) is 4.21. The first-order valence-corrected chi connectivity index (χ1v) is 7.40. The zero-order valence-electron chi connectivity index (χ0n) is 14.0. The molecule has 0 spiro atoms. The number of nitrogens with one attached hydrogen (secondary N) is 1. The van der Waals surface area contributed by atoms with Gasteiger partial charge in [0.2, 0.25) is 5.78 Å². The molecule has 1 aliphatic rings. The van der Waals surface area contributed by atoms with E-state index in [1.165, 1.54) is 6.20 Å². The summed E-state index contributed by atoms with van der Waals surface area (Å²) in [6, 6.07) is 1.88. The van der Waals surface area contributed by atoms with Crippen LogP contribution in [0.5, 0.6) is 0 Å². The zero-order chi connectivity index (χ0) is 18.1. The molecule has 0 aromatic heterocycles. The molecule has 0 fully saturated rings. The van der Waals surface area contributed by atoms with Crippen LogP contribution in [-0.4, -0.2) is 44.4 Å². The molecule has 0 radical (unpaired) electrons. The predicted octanol–water partition coefficient (Wildman–Crippen LogP) is 2.51. The van der Waals surface area contributed by atoms with E-state index in [1.54, 1.807) is 44.1 Å². The topological polar surface area (TPSA) is 65.4 Å². The molecule has 1 rings (SSSR count). The largest absolute Gasteiger partial charge is 0.488 e. The van der Waals surface area contributed by atoms with Crippen LogP contribution in [0.2, 0.25) is 0 Å². The smallest absolute Gasteiger partial charge is 0.272 e. The van der Waals surface area contributed by atoms with Gasteiger partial charge in [-0.15, -0.1) is 0 Å². The second-order valence-electron chi connectivity index (χ2n) is 5.34. The van der Waals surface area contributed by atoms with Crippen molar-refractivity contribution in [1.29, 1.82) is 5.26 Å². The molecule has 0 unspecified atom stereocenters. The second-order valence-corrected chi connectivity index (χ2v) is 5.34. The van der Waals surface area contributed by atoms with Crippen molar-refractivity contribution in [2.75, 3.05) is 27.2 Å². The maximum Gasteiger partial charge on any atom is 0.272 e. The van der Waals surface area contributed by atoms with Gasteiger partial charge in [0.25, 0.3) is 6.43 Å². The van der Waals surface area contributed by atoms with Gasteiger partial charge in [0.1, 0.15) is 24.0 Å². The minimum absolute atomic E-state index is 0.0110. The van der Waals surface area contributed by atoms with Crippen molar-refractivity contribution in [3.63, 3.8) is 0 Å². The molecule has 0 saturated carbocycles. The number of carbonyl (C=O) groups excluding carboxylic acids is 1. The molecule has 0 bridgehead atoms. The summed E-state index contributed by atoms with van der Waals surface area (Å²) in [4.78, 5) is 14.0. The molecule has 0 amide bonds. The summed E-state index contributed by atoms with van der Waals surface area (Å²) in [5.74, 6) is -0.0472. The highest BCUT2D eigenvalue weighted by atomic mass is 19.3. The van der Waals surface area contributed by atoms with E-state index in [0.717, 1.165) is 0 Å². The SMILES string of the molecule is CC1=CCN/C(C(=O)/C(C#N)=C/N(C)C)=C\CC=C1OCC(F)F. The average Bonchev–Trinajstić information content (AvgIpc) is 2.60. The Morgan fingerprint density at radius 2 is 2.17 bits per heavy atom. The first-order valence-electron chi connectivity index (χ1n) is 7.40. The van der Waals surface area contributed by atoms with Crippen LogP contribution in [0.3, 0.4) is 0 Å². The van der Waals surface area contributed by atoms with Gasteiger partial charge in [-0.1, -0.05) is 12.2 Å². The standard InChI is InChI=1S/C17H21F2N3O2/c1-12-7-8-21-14(17(23)13(9-20)10-22(2)3)5-4-6-15(12)24-11-16(18)19/h5-7,10,16,21H,4,8,11H2,1-3H3/b12-7?,13-10+,14-5-,15-6?. The number of carbonyl (C=O) groups is 1. The van der Waals surface area contributed by atoms with Crippen LogP contribution >= 0.6 is 0 Å². The number of ether oxygens (including phenoxy) is 1. The van der Waals surface area contributed by atoms with E-state index in [-0.39, 0.29) is 5.57 Å². The van der Waals surface area contributed by atoms with E-state index in [0.29, 0.717) is 30.0 Å². The Kier molecular flexibility index (Phi) is 7.69. The van der Waals surface area contributed by atoms with Gasteiger partial charge in [0, 0.05) is 26.8 Å².